The van der Waals surface area contributed by atoms with Gasteiger partial charge in [0.05, 0.1) is 6.54 Å². The first-order valence-corrected chi connectivity index (χ1v) is 7.79. The van der Waals surface area contributed by atoms with E-state index in [1.165, 1.54) is 18.4 Å². The summed E-state index contributed by atoms with van der Waals surface area (Å²) in [5.41, 5.74) is 1.37. The van der Waals surface area contributed by atoms with Crippen molar-refractivity contribution in [2.24, 2.45) is 5.92 Å². The first-order chi connectivity index (χ1) is 9.68. The molecule has 0 aliphatic heterocycles. The monoisotopic (exact) mass is 328 g/mol. The topological polar surface area (TPSA) is 41.1 Å². The Balaban J connectivity index is 0.00000161. The number of carbonyl (C=O) groups is 1. The van der Waals surface area contributed by atoms with Gasteiger partial charge in [-0.05, 0) is 55.8 Å². The maximum absolute atomic E-state index is 11.8. The van der Waals surface area contributed by atoms with Crippen molar-refractivity contribution >= 4 is 29.9 Å². The van der Waals surface area contributed by atoms with Crippen molar-refractivity contribution in [3.05, 3.63) is 34.9 Å². The van der Waals surface area contributed by atoms with Gasteiger partial charge in [-0.3, -0.25) is 4.79 Å². The molecule has 2 fully saturated rings. The Kier molecular flexibility index (Phi) is 5.53. The van der Waals surface area contributed by atoms with Crippen molar-refractivity contribution in [1.29, 1.82) is 0 Å². The summed E-state index contributed by atoms with van der Waals surface area (Å²) < 4.78 is 0. The van der Waals surface area contributed by atoms with Gasteiger partial charge in [-0.15, -0.1) is 12.4 Å². The largest absolute Gasteiger partial charge is 0.354 e. The molecule has 0 aromatic heterocycles. The fourth-order valence-corrected chi connectivity index (χ4v) is 2.77. The predicted octanol–water partition coefficient (Wildman–Crippen LogP) is 2.91. The molecule has 2 aliphatic rings. The van der Waals surface area contributed by atoms with E-state index in [4.69, 9.17) is 11.6 Å². The first-order valence-electron chi connectivity index (χ1n) is 7.41. The number of benzene rings is 1. The third-order valence-corrected chi connectivity index (χ3v) is 4.57. The summed E-state index contributed by atoms with van der Waals surface area (Å²) >= 11 is 6.05. The van der Waals surface area contributed by atoms with Gasteiger partial charge in [-0.2, -0.15) is 0 Å². The van der Waals surface area contributed by atoms with E-state index in [1.807, 2.05) is 18.2 Å². The molecule has 3 nitrogen and oxygen atoms in total. The highest BCUT2D eigenvalue weighted by molar-refractivity contribution is 6.30. The summed E-state index contributed by atoms with van der Waals surface area (Å²) in [6.07, 6.45) is 4.88. The van der Waals surface area contributed by atoms with Crippen molar-refractivity contribution in [3.63, 3.8) is 0 Å². The Hall–Kier alpha value is -0.770. The second-order valence-corrected chi connectivity index (χ2v) is 6.58. The molecule has 1 amide bonds. The van der Waals surface area contributed by atoms with Gasteiger partial charge in [-0.1, -0.05) is 23.7 Å². The fraction of sp³-hybridized carbons (Fsp3) is 0.562. The second-order valence-electron chi connectivity index (χ2n) is 6.14. The molecule has 116 valence electrons. The Morgan fingerprint density at radius 2 is 2.10 bits per heavy atom. The summed E-state index contributed by atoms with van der Waals surface area (Å²) in [5.74, 6) is 0.906. The van der Waals surface area contributed by atoms with E-state index in [0.29, 0.717) is 6.54 Å². The molecule has 1 aromatic carbocycles. The number of halogens is 2. The second kappa shape index (κ2) is 6.99. The summed E-state index contributed by atoms with van der Waals surface area (Å²) in [7, 11) is 0. The number of hydrogen-bond acceptors (Lipinski definition) is 2. The molecule has 0 heterocycles. The smallest absolute Gasteiger partial charge is 0.233 e. The normalized spacial score (nSPS) is 18.7. The molecule has 5 heteroatoms. The molecule has 0 bridgehead atoms. The highest BCUT2D eigenvalue weighted by atomic mass is 35.5. The van der Waals surface area contributed by atoms with Crippen molar-refractivity contribution in [2.45, 2.75) is 31.1 Å². The quantitative estimate of drug-likeness (QED) is 0.808. The molecule has 0 unspecified atom stereocenters. The van der Waals surface area contributed by atoms with Crippen molar-refractivity contribution in [3.8, 4) is 0 Å². The van der Waals surface area contributed by atoms with Crippen molar-refractivity contribution < 1.29 is 4.79 Å². The molecule has 3 rings (SSSR count). The van der Waals surface area contributed by atoms with Crippen LogP contribution < -0.4 is 10.6 Å². The molecule has 2 saturated carbocycles. The molecule has 0 atom stereocenters. The van der Waals surface area contributed by atoms with E-state index in [1.54, 1.807) is 0 Å². The van der Waals surface area contributed by atoms with Crippen LogP contribution in [0.15, 0.2) is 24.3 Å². The van der Waals surface area contributed by atoms with Crippen LogP contribution in [0.5, 0.6) is 0 Å². The number of hydrogen-bond donors (Lipinski definition) is 2. The van der Waals surface area contributed by atoms with Crippen LogP contribution in [0.1, 0.15) is 31.2 Å². The molecular formula is C16H22Cl2N2O. The van der Waals surface area contributed by atoms with Crippen LogP contribution in [0.25, 0.3) is 0 Å². The van der Waals surface area contributed by atoms with Crippen LogP contribution in [-0.2, 0) is 10.2 Å². The van der Waals surface area contributed by atoms with Crippen molar-refractivity contribution in [2.75, 3.05) is 19.6 Å². The molecule has 2 aliphatic carbocycles. The molecule has 0 saturated heterocycles. The molecule has 1 aromatic rings. The van der Waals surface area contributed by atoms with E-state index in [-0.39, 0.29) is 23.7 Å². The van der Waals surface area contributed by atoms with E-state index in [0.717, 1.165) is 36.9 Å². The van der Waals surface area contributed by atoms with Gasteiger partial charge in [0, 0.05) is 17.0 Å². The van der Waals surface area contributed by atoms with Crippen LogP contribution in [0, 0.1) is 5.92 Å². The lowest BCUT2D eigenvalue weighted by Crippen LogP contribution is -2.38. The number of nitrogens with one attached hydrogen (secondary N) is 2. The summed E-state index contributed by atoms with van der Waals surface area (Å²) in [4.78, 5) is 11.8. The minimum absolute atomic E-state index is 0. The highest BCUT2D eigenvalue weighted by Crippen LogP contribution is 2.48. The minimum Gasteiger partial charge on any atom is -0.354 e. The van der Waals surface area contributed by atoms with Crippen LogP contribution in [-0.4, -0.2) is 25.5 Å². The molecule has 0 radical (unpaired) electrons. The van der Waals surface area contributed by atoms with E-state index >= 15 is 0 Å². The number of carbonyl (C=O) groups excluding carboxylic acids is 1. The lowest BCUT2D eigenvalue weighted by atomic mass is 9.96. The SMILES string of the molecule is Cl.O=C(CNCC1CC1)NCC1(c2cccc(Cl)c2)CC1. The van der Waals surface area contributed by atoms with E-state index in [9.17, 15) is 4.79 Å². The molecular weight excluding hydrogens is 307 g/mol. The number of rotatable bonds is 7. The average molecular weight is 329 g/mol. The van der Waals surface area contributed by atoms with Crippen LogP contribution in [0.2, 0.25) is 5.02 Å². The van der Waals surface area contributed by atoms with Gasteiger partial charge in [0.2, 0.25) is 5.91 Å². The molecule has 21 heavy (non-hydrogen) atoms. The van der Waals surface area contributed by atoms with Gasteiger partial charge in [-0.25, -0.2) is 0 Å². The van der Waals surface area contributed by atoms with Gasteiger partial charge < -0.3 is 10.6 Å². The lowest BCUT2D eigenvalue weighted by Gasteiger charge is -2.17. The zero-order chi connectivity index (χ0) is 14.0. The van der Waals surface area contributed by atoms with Gasteiger partial charge in [0.15, 0.2) is 0 Å². The zero-order valence-corrected chi connectivity index (χ0v) is 13.6. The molecule has 2 N–H and O–H groups in total. The lowest BCUT2D eigenvalue weighted by molar-refractivity contribution is -0.120. The van der Waals surface area contributed by atoms with Crippen LogP contribution >= 0.6 is 24.0 Å². The first kappa shape index (κ1) is 16.6. The van der Waals surface area contributed by atoms with Gasteiger partial charge in [0.25, 0.3) is 0 Å². The van der Waals surface area contributed by atoms with E-state index in [2.05, 4.69) is 16.7 Å². The predicted molar refractivity (Wildman–Crippen MR) is 88.2 cm³/mol. The summed E-state index contributed by atoms with van der Waals surface area (Å²) in [5, 5.41) is 7.04. The Bertz CT molecular complexity index is 499. The fourth-order valence-electron chi connectivity index (χ4n) is 2.58. The summed E-state index contributed by atoms with van der Waals surface area (Å²) in [6.45, 7) is 2.13. The zero-order valence-electron chi connectivity index (χ0n) is 12.0. The third-order valence-electron chi connectivity index (χ3n) is 4.33. The Labute approximate surface area is 137 Å². The average Bonchev–Trinajstić information content (AvgIpc) is 3.32. The maximum atomic E-state index is 11.8. The van der Waals surface area contributed by atoms with Crippen LogP contribution in [0.4, 0.5) is 0 Å². The molecule has 0 spiro atoms. The van der Waals surface area contributed by atoms with Gasteiger partial charge in [0.1, 0.15) is 0 Å². The Morgan fingerprint density at radius 3 is 2.71 bits per heavy atom. The van der Waals surface area contributed by atoms with Gasteiger partial charge >= 0.3 is 0 Å². The standard InChI is InChI=1S/C16H21ClN2O.ClH/c17-14-3-1-2-13(8-14)16(6-7-16)11-19-15(20)10-18-9-12-4-5-12;/h1-3,8,12,18H,4-7,9-11H2,(H,19,20);1H. The minimum atomic E-state index is 0. The van der Waals surface area contributed by atoms with E-state index < -0.39 is 0 Å². The van der Waals surface area contributed by atoms with Crippen molar-refractivity contribution in [1.82, 2.24) is 10.6 Å². The third kappa shape index (κ3) is 4.60. The Morgan fingerprint density at radius 1 is 1.33 bits per heavy atom. The van der Waals surface area contributed by atoms with Crippen LogP contribution in [0.3, 0.4) is 0 Å². The maximum Gasteiger partial charge on any atom is 0.233 e. The summed E-state index contributed by atoms with van der Waals surface area (Å²) in [6, 6.07) is 8.00. The highest BCUT2D eigenvalue weighted by Gasteiger charge is 2.44. The number of amides is 1.